The van der Waals surface area contributed by atoms with Crippen molar-refractivity contribution in [2.45, 2.75) is 51.6 Å². The second kappa shape index (κ2) is 6.36. The number of nitrogens with one attached hydrogen (secondary N) is 1. The van der Waals surface area contributed by atoms with E-state index in [4.69, 9.17) is 0 Å². The van der Waals surface area contributed by atoms with E-state index in [9.17, 15) is 0 Å². The molecular formula is C18H24N2. The zero-order chi connectivity index (χ0) is 13.8. The number of benzene rings is 1. The third-order valence-corrected chi connectivity index (χ3v) is 4.74. The highest BCUT2D eigenvalue weighted by Gasteiger charge is 2.19. The topological polar surface area (TPSA) is 24.9 Å². The maximum absolute atomic E-state index is 4.20. The number of pyridine rings is 1. The Morgan fingerprint density at radius 2 is 2.05 bits per heavy atom. The van der Waals surface area contributed by atoms with E-state index in [1.165, 1.54) is 48.4 Å². The molecule has 1 aliphatic rings. The van der Waals surface area contributed by atoms with Crippen LogP contribution in [0.25, 0.3) is 10.8 Å². The predicted molar refractivity (Wildman–Crippen MR) is 84.6 cm³/mol. The van der Waals surface area contributed by atoms with Gasteiger partial charge in [0.2, 0.25) is 0 Å². The Kier molecular flexibility index (Phi) is 4.31. The molecule has 0 radical (unpaired) electrons. The summed E-state index contributed by atoms with van der Waals surface area (Å²) in [5, 5.41) is 6.30. The second-order valence-electron chi connectivity index (χ2n) is 6.08. The van der Waals surface area contributed by atoms with Crippen LogP contribution < -0.4 is 5.32 Å². The molecule has 2 heteroatoms. The third-order valence-electron chi connectivity index (χ3n) is 4.74. The summed E-state index contributed by atoms with van der Waals surface area (Å²) < 4.78 is 0. The molecule has 0 saturated heterocycles. The molecule has 2 nitrogen and oxygen atoms in total. The van der Waals surface area contributed by atoms with Gasteiger partial charge in [0, 0.05) is 30.4 Å². The molecule has 20 heavy (non-hydrogen) atoms. The van der Waals surface area contributed by atoms with Gasteiger partial charge in [-0.2, -0.15) is 0 Å². The number of hydrogen-bond acceptors (Lipinski definition) is 2. The van der Waals surface area contributed by atoms with Crippen molar-refractivity contribution >= 4 is 10.8 Å². The van der Waals surface area contributed by atoms with Gasteiger partial charge in [-0.05, 0) is 42.7 Å². The Morgan fingerprint density at radius 1 is 1.20 bits per heavy atom. The summed E-state index contributed by atoms with van der Waals surface area (Å²) in [7, 11) is 0. The van der Waals surface area contributed by atoms with Crippen molar-refractivity contribution in [2.75, 3.05) is 0 Å². The average molecular weight is 268 g/mol. The fourth-order valence-corrected chi connectivity index (χ4v) is 3.42. The highest BCUT2D eigenvalue weighted by atomic mass is 14.9. The van der Waals surface area contributed by atoms with E-state index in [0.29, 0.717) is 6.04 Å². The maximum Gasteiger partial charge on any atom is 0.0346 e. The van der Waals surface area contributed by atoms with Crippen LogP contribution in [0.4, 0.5) is 0 Å². The Labute approximate surface area is 121 Å². The molecule has 0 amide bonds. The molecule has 0 aliphatic heterocycles. The molecule has 1 aromatic carbocycles. The van der Waals surface area contributed by atoms with Gasteiger partial charge in [-0.3, -0.25) is 4.98 Å². The minimum absolute atomic E-state index is 0.618. The number of fused-ring (bicyclic) bond motifs is 1. The van der Waals surface area contributed by atoms with Crippen molar-refractivity contribution in [1.82, 2.24) is 10.3 Å². The molecule has 1 N–H and O–H groups in total. The van der Waals surface area contributed by atoms with Gasteiger partial charge in [0.15, 0.2) is 0 Å². The van der Waals surface area contributed by atoms with Crippen LogP contribution in [0.1, 0.15) is 44.6 Å². The molecule has 1 aliphatic carbocycles. The lowest BCUT2D eigenvalue weighted by Gasteiger charge is -2.28. The van der Waals surface area contributed by atoms with Crippen molar-refractivity contribution in [3.8, 4) is 0 Å². The van der Waals surface area contributed by atoms with Crippen LogP contribution in [0, 0.1) is 5.92 Å². The largest absolute Gasteiger partial charge is 0.310 e. The summed E-state index contributed by atoms with van der Waals surface area (Å²) in [5.74, 6) is 0.861. The van der Waals surface area contributed by atoms with Crippen LogP contribution in [0.2, 0.25) is 0 Å². The normalized spacial score (nSPS) is 18.2. The monoisotopic (exact) mass is 268 g/mol. The molecule has 3 rings (SSSR count). The summed E-state index contributed by atoms with van der Waals surface area (Å²) >= 11 is 0. The van der Waals surface area contributed by atoms with E-state index < -0.39 is 0 Å². The first-order chi connectivity index (χ1) is 9.84. The molecule has 106 valence electrons. The van der Waals surface area contributed by atoms with Gasteiger partial charge in [0.05, 0.1) is 0 Å². The van der Waals surface area contributed by atoms with Crippen molar-refractivity contribution in [3.63, 3.8) is 0 Å². The SMILES string of the molecule is C[C@@H](NCc1cccc2cnccc12)C1CCCCC1. The molecule has 0 spiro atoms. The Bertz CT molecular complexity index is 553. The molecular weight excluding hydrogens is 244 g/mol. The van der Waals surface area contributed by atoms with Gasteiger partial charge in [-0.1, -0.05) is 37.5 Å². The Hall–Kier alpha value is -1.41. The predicted octanol–water partition coefficient (Wildman–Crippen LogP) is 4.29. The van der Waals surface area contributed by atoms with Crippen molar-refractivity contribution < 1.29 is 0 Å². The molecule has 0 bridgehead atoms. The minimum Gasteiger partial charge on any atom is -0.310 e. The lowest BCUT2D eigenvalue weighted by Crippen LogP contribution is -2.34. The summed E-state index contributed by atoms with van der Waals surface area (Å²) in [6.07, 6.45) is 10.9. The van der Waals surface area contributed by atoms with E-state index in [1.54, 1.807) is 0 Å². The lowest BCUT2D eigenvalue weighted by atomic mass is 9.84. The van der Waals surface area contributed by atoms with Crippen LogP contribution in [0.15, 0.2) is 36.7 Å². The van der Waals surface area contributed by atoms with E-state index in [1.807, 2.05) is 12.4 Å². The van der Waals surface area contributed by atoms with Gasteiger partial charge in [-0.25, -0.2) is 0 Å². The smallest absolute Gasteiger partial charge is 0.0346 e. The van der Waals surface area contributed by atoms with E-state index in [-0.39, 0.29) is 0 Å². The number of rotatable bonds is 4. The van der Waals surface area contributed by atoms with Crippen LogP contribution >= 0.6 is 0 Å². The van der Waals surface area contributed by atoms with Crippen LogP contribution in [0.3, 0.4) is 0 Å². The quantitative estimate of drug-likeness (QED) is 0.894. The standard InChI is InChI=1S/C18H24N2/c1-14(15-6-3-2-4-7-15)20-13-17-9-5-8-16-12-19-11-10-18(16)17/h5,8-12,14-15,20H,2-4,6-7,13H2,1H3/t14-/m1/s1. The first kappa shape index (κ1) is 13.6. The third kappa shape index (κ3) is 3.01. The Morgan fingerprint density at radius 3 is 2.90 bits per heavy atom. The highest BCUT2D eigenvalue weighted by Crippen LogP contribution is 2.26. The van der Waals surface area contributed by atoms with E-state index >= 15 is 0 Å². The van der Waals surface area contributed by atoms with E-state index in [0.717, 1.165) is 12.5 Å². The van der Waals surface area contributed by atoms with Crippen LogP contribution in [-0.2, 0) is 6.54 Å². The van der Waals surface area contributed by atoms with Crippen molar-refractivity contribution in [3.05, 3.63) is 42.2 Å². The van der Waals surface area contributed by atoms with E-state index in [2.05, 4.69) is 41.5 Å². The number of aromatic nitrogens is 1. The highest BCUT2D eigenvalue weighted by molar-refractivity contribution is 5.84. The lowest BCUT2D eigenvalue weighted by molar-refractivity contribution is 0.281. The summed E-state index contributed by atoms with van der Waals surface area (Å²) in [6, 6.07) is 9.23. The minimum atomic E-state index is 0.618. The first-order valence-electron chi connectivity index (χ1n) is 7.89. The van der Waals surface area contributed by atoms with Crippen LogP contribution in [0.5, 0.6) is 0 Å². The number of nitrogens with zero attached hydrogens (tertiary/aromatic N) is 1. The summed E-state index contributed by atoms with van der Waals surface area (Å²) in [6.45, 7) is 3.31. The fourth-order valence-electron chi connectivity index (χ4n) is 3.42. The molecule has 2 aromatic rings. The maximum atomic E-state index is 4.20. The summed E-state index contributed by atoms with van der Waals surface area (Å²) in [5.41, 5.74) is 1.38. The molecule has 0 unspecified atom stereocenters. The average Bonchev–Trinajstić information content (AvgIpc) is 2.53. The van der Waals surface area contributed by atoms with Crippen LogP contribution in [-0.4, -0.2) is 11.0 Å². The van der Waals surface area contributed by atoms with Crippen molar-refractivity contribution in [2.24, 2.45) is 5.92 Å². The fraction of sp³-hybridized carbons (Fsp3) is 0.500. The summed E-state index contributed by atoms with van der Waals surface area (Å²) in [4.78, 5) is 4.20. The molecule has 1 fully saturated rings. The molecule has 1 aromatic heterocycles. The molecule has 1 saturated carbocycles. The van der Waals surface area contributed by atoms with Gasteiger partial charge >= 0.3 is 0 Å². The first-order valence-corrected chi connectivity index (χ1v) is 7.89. The molecule has 1 atom stereocenters. The second-order valence-corrected chi connectivity index (χ2v) is 6.08. The Balaban J connectivity index is 1.67. The zero-order valence-electron chi connectivity index (χ0n) is 12.3. The van der Waals surface area contributed by atoms with Gasteiger partial charge in [0.1, 0.15) is 0 Å². The van der Waals surface area contributed by atoms with Gasteiger partial charge in [0.25, 0.3) is 0 Å². The van der Waals surface area contributed by atoms with Crippen molar-refractivity contribution in [1.29, 1.82) is 0 Å². The zero-order valence-corrected chi connectivity index (χ0v) is 12.3. The number of hydrogen-bond donors (Lipinski definition) is 1. The van der Waals surface area contributed by atoms with Gasteiger partial charge in [-0.15, -0.1) is 0 Å². The van der Waals surface area contributed by atoms with Gasteiger partial charge < -0.3 is 5.32 Å². The molecule has 1 heterocycles.